The lowest BCUT2D eigenvalue weighted by molar-refractivity contribution is -0.141. The Morgan fingerprint density at radius 3 is 2.52 bits per heavy atom. The molecule has 23 heavy (non-hydrogen) atoms. The standard InChI is InChI=1S/C16H13F2NO3S/c17-15(18)13-8-23-7-12(13)9-1-3-11(4-2-9)19-6-10(16(21)22)5-14(19)20/h1-4,7-8,10,15H,5-6H2,(H,21,22). The van der Waals surface area contributed by atoms with Crippen LogP contribution in [0.25, 0.3) is 11.1 Å². The van der Waals surface area contributed by atoms with Crippen molar-refractivity contribution in [2.45, 2.75) is 12.8 Å². The molecule has 1 saturated heterocycles. The third kappa shape index (κ3) is 2.96. The fraction of sp³-hybridized carbons (Fsp3) is 0.250. The van der Waals surface area contributed by atoms with Gasteiger partial charge in [-0.15, -0.1) is 0 Å². The van der Waals surface area contributed by atoms with E-state index >= 15 is 0 Å². The first kappa shape index (κ1) is 15.6. The topological polar surface area (TPSA) is 57.6 Å². The molecule has 1 N–H and O–H groups in total. The summed E-state index contributed by atoms with van der Waals surface area (Å²) >= 11 is 1.21. The number of alkyl halides is 2. The molecule has 3 rings (SSSR count). The molecule has 4 nitrogen and oxygen atoms in total. The van der Waals surface area contributed by atoms with Gasteiger partial charge in [0, 0.05) is 35.2 Å². The van der Waals surface area contributed by atoms with Crippen LogP contribution in [0.4, 0.5) is 14.5 Å². The second kappa shape index (κ2) is 6.08. The molecule has 0 saturated carbocycles. The van der Waals surface area contributed by atoms with Gasteiger partial charge in [-0.25, -0.2) is 8.78 Å². The summed E-state index contributed by atoms with van der Waals surface area (Å²) in [5, 5.41) is 12.1. The van der Waals surface area contributed by atoms with Crippen LogP contribution in [0.1, 0.15) is 18.4 Å². The molecule has 1 aliphatic heterocycles. The maximum Gasteiger partial charge on any atom is 0.308 e. The number of carbonyl (C=O) groups excluding carboxylic acids is 1. The van der Waals surface area contributed by atoms with Crippen molar-refractivity contribution >= 4 is 28.9 Å². The summed E-state index contributed by atoms with van der Waals surface area (Å²) in [6.45, 7) is 0.133. The van der Waals surface area contributed by atoms with Gasteiger partial charge in [0.25, 0.3) is 6.43 Å². The molecule has 7 heteroatoms. The van der Waals surface area contributed by atoms with E-state index in [1.807, 2.05) is 0 Å². The number of anilines is 1. The van der Waals surface area contributed by atoms with Crippen LogP contribution in [0, 0.1) is 5.92 Å². The first-order valence-corrected chi connectivity index (χ1v) is 7.89. The minimum atomic E-state index is -2.53. The summed E-state index contributed by atoms with van der Waals surface area (Å²) in [4.78, 5) is 24.3. The van der Waals surface area contributed by atoms with Crippen LogP contribution in [0.5, 0.6) is 0 Å². The maximum atomic E-state index is 12.9. The van der Waals surface area contributed by atoms with E-state index < -0.39 is 18.3 Å². The number of hydrogen-bond acceptors (Lipinski definition) is 3. The predicted molar refractivity (Wildman–Crippen MR) is 82.8 cm³/mol. The third-order valence-electron chi connectivity index (χ3n) is 3.89. The number of hydrogen-bond donors (Lipinski definition) is 1. The molecule has 2 heterocycles. The molecule has 0 bridgehead atoms. The van der Waals surface area contributed by atoms with Crippen LogP contribution >= 0.6 is 11.3 Å². The quantitative estimate of drug-likeness (QED) is 0.923. The molecular formula is C16H13F2NO3S. The number of carboxylic acid groups (broad SMARTS) is 1. The van der Waals surface area contributed by atoms with Crippen molar-refractivity contribution in [3.05, 3.63) is 40.6 Å². The highest BCUT2D eigenvalue weighted by atomic mass is 32.1. The lowest BCUT2D eigenvalue weighted by atomic mass is 10.0. The average molecular weight is 337 g/mol. The Morgan fingerprint density at radius 2 is 1.96 bits per heavy atom. The summed E-state index contributed by atoms with van der Waals surface area (Å²) in [6.07, 6.45) is -2.55. The van der Waals surface area contributed by atoms with Crippen LogP contribution < -0.4 is 4.90 Å². The number of halogens is 2. The molecule has 1 amide bonds. The second-order valence-corrected chi connectivity index (χ2v) is 6.08. The molecule has 0 spiro atoms. The van der Waals surface area contributed by atoms with Crippen molar-refractivity contribution in [3.8, 4) is 11.1 Å². The molecule has 1 aliphatic rings. The Kier molecular flexibility index (Phi) is 4.12. The van der Waals surface area contributed by atoms with Gasteiger partial charge >= 0.3 is 5.97 Å². The Bertz CT molecular complexity index is 742. The fourth-order valence-corrected chi connectivity index (χ4v) is 3.51. The Hall–Kier alpha value is -2.28. The highest BCUT2D eigenvalue weighted by molar-refractivity contribution is 7.08. The van der Waals surface area contributed by atoms with Gasteiger partial charge in [0.1, 0.15) is 0 Å². The Labute approximate surface area is 135 Å². The van der Waals surface area contributed by atoms with E-state index in [2.05, 4.69) is 0 Å². The number of thiophene rings is 1. The zero-order valence-corrected chi connectivity index (χ0v) is 12.7. The smallest absolute Gasteiger partial charge is 0.308 e. The summed E-state index contributed by atoms with van der Waals surface area (Å²) < 4.78 is 25.9. The van der Waals surface area contributed by atoms with Gasteiger partial charge in [-0.05, 0) is 23.1 Å². The molecule has 1 unspecified atom stereocenters. The average Bonchev–Trinajstić information content (AvgIpc) is 3.14. The SMILES string of the molecule is O=C(O)C1CC(=O)N(c2ccc(-c3cscc3C(F)F)cc2)C1. The monoisotopic (exact) mass is 337 g/mol. The number of amides is 1. The van der Waals surface area contributed by atoms with E-state index in [9.17, 15) is 18.4 Å². The number of benzene rings is 1. The largest absolute Gasteiger partial charge is 0.481 e. The van der Waals surface area contributed by atoms with Crippen molar-refractivity contribution in [2.75, 3.05) is 11.4 Å². The zero-order chi connectivity index (χ0) is 16.6. The predicted octanol–water partition coefficient (Wildman–Crippen LogP) is 3.79. The Morgan fingerprint density at radius 1 is 1.26 bits per heavy atom. The van der Waals surface area contributed by atoms with Crippen LogP contribution in [-0.4, -0.2) is 23.5 Å². The van der Waals surface area contributed by atoms with Crippen molar-refractivity contribution in [3.63, 3.8) is 0 Å². The van der Waals surface area contributed by atoms with E-state index in [1.165, 1.54) is 21.6 Å². The van der Waals surface area contributed by atoms with Gasteiger partial charge in [0.2, 0.25) is 5.91 Å². The van der Waals surface area contributed by atoms with Crippen LogP contribution in [0.2, 0.25) is 0 Å². The summed E-state index contributed by atoms with van der Waals surface area (Å²) in [7, 11) is 0. The van der Waals surface area contributed by atoms with Gasteiger partial charge in [0.05, 0.1) is 5.92 Å². The molecular weight excluding hydrogens is 324 g/mol. The molecule has 1 fully saturated rings. The third-order valence-corrected chi connectivity index (χ3v) is 4.65. The number of carbonyl (C=O) groups is 2. The van der Waals surface area contributed by atoms with Crippen LogP contribution in [0.15, 0.2) is 35.0 Å². The lowest BCUT2D eigenvalue weighted by Crippen LogP contribution is -2.25. The molecule has 0 aliphatic carbocycles. The van der Waals surface area contributed by atoms with E-state index in [0.717, 1.165) is 0 Å². The number of carboxylic acids is 1. The summed E-state index contributed by atoms with van der Waals surface area (Å²) in [5.74, 6) is -1.93. The van der Waals surface area contributed by atoms with Gasteiger partial charge in [0.15, 0.2) is 0 Å². The van der Waals surface area contributed by atoms with E-state index in [4.69, 9.17) is 5.11 Å². The molecule has 2 aromatic rings. The number of rotatable bonds is 4. The van der Waals surface area contributed by atoms with E-state index in [0.29, 0.717) is 16.8 Å². The van der Waals surface area contributed by atoms with Crippen LogP contribution in [0.3, 0.4) is 0 Å². The molecule has 0 radical (unpaired) electrons. The highest BCUT2D eigenvalue weighted by Gasteiger charge is 2.35. The van der Waals surface area contributed by atoms with Crippen molar-refractivity contribution < 1.29 is 23.5 Å². The lowest BCUT2D eigenvalue weighted by Gasteiger charge is -2.16. The number of nitrogens with zero attached hydrogens (tertiary/aromatic N) is 1. The van der Waals surface area contributed by atoms with Crippen LogP contribution in [-0.2, 0) is 9.59 Å². The van der Waals surface area contributed by atoms with E-state index in [-0.39, 0.29) is 24.4 Å². The fourth-order valence-electron chi connectivity index (χ4n) is 2.65. The van der Waals surface area contributed by atoms with Crippen molar-refractivity contribution in [1.29, 1.82) is 0 Å². The van der Waals surface area contributed by atoms with E-state index in [1.54, 1.807) is 29.6 Å². The first-order valence-electron chi connectivity index (χ1n) is 6.95. The number of aliphatic carboxylic acids is 1. The molecule has 120 valence electrons. The van der Waals surface area contributed by atoms with Gasteiger partial charge in [-0.3, -0.25) is 9.59 Å². The molecule has 1 aromatic carbocycles. The van der Waals surface area contributed by atoms with Crippen molar-refractivity contribution in [1.82, 2.24) is 0 Å². The molecule has 1 aromatic heterocycles. The van der Waals surface area contributed by atoms with Gasteiger partial charge < -0.3 is 10.0 Å². The molecule has 1 atom stereocenters. The first-order chi connectivity index (χ1) is 11.0. The maximum absolute atomic E-state index is 12.9. The minimum absolute atomic E-state index is 0.00839. The summed E-state index contributed by atoms with van der Waals surface area (Å²) in [6, 6.07) is 6.66. The second-order valence-electron chi connectivity index (χ2n) is 5.33. The zero-order valence-electron chi connectivity index (χ0n) is 11.9. The minimum Gasteiger partial charge on any atom is -0.481 e. The summed E-state index contributed by atoms with van der Waals surface area (Å²) in [5.41, 5.74) is 1.70. The Balaban J connectivity index is 1.84. The van der Waals surface area contributed by atoms with Gasteiger partial charge in [-0.2, -0.15) is 11.3 Å². The normalized spacial score (nSPS) is 18.0. The van der Waals surface area contributed by atoms with Crippen molar-refractivity contribution in [2.24, 2.45) is 5.92 Å². The highest BCUT2D eigenvalue weighted by Crippen LogP contribution is 2.35. The van der Waals surface area contributed by atoms with Gasteiger partial charge in [-0.1, -0.05) is 12.1 Å².